The van der Waals surface area contributed by atoms with E-state index in [1.165, 1.54) is 12.1 Å². The van der Waals surface area contributed by atoms with Gasteiger partial charge < -0.3 is 14.6 Å². The van der Waals surface area contributed by atoms with E-state index in [2.05, 4.69) is 17.5 Å². The van der Waals surface area contributed by atoms with Gasteiger partial charge in [-0.15, -0.1) is 0 Å². The maximum Gasteiger partial charge on any atom is 0.335 e. The van der Waals surface area contributed by atoms with E-state index < -0.39 is 5.97 Å². The van der Waals surface area contributed by atoms with E-state index in [1.54, 1.807) is 25.5 Å². The number of hydrazone groups is 1. The fourth-order valence-electron chi connectivity index (χ4n) is 2.29. The molecule has 0 atom stereocenters. The van der Waals surface area contributed by atoms with Crippen LogP contribution in [0.3, 0.4) is 0 Å². The third-order valence-electron chi connectivity index (χ3n) is 3.73. The minimum atomic E-state index is -0.954. The van der Waals surface area contributed by atoms with E-state index in [0.29, 0.717) is 18.0 Å². The first-order valence-electron chi connectivity index (χ1n) is 8.57. The molecule has 0 radical (unpaired) electrons. The molecule has 2 aromatic carbocycles. The Morgan fingerprint density at radius 3 is 2.58 bits per heavy atom. The molecule has 0 amide bonds. The SMILES string of the molecule is CCCCCOc1ccc(/C=N/Nc2ccc(C(=O)O)cc2)cc1OC. The number of anilines is 1. The molecule has 138 valence electrons. The van der Waals surface area contributed by atoms with Crippen LogP contribution in [0.15, 0.2) is 47.6 Å². The summed E-state index contributed by atoms with van der Waals surface area (Å²) in [5, 5.41) is 13.0. The zero-order valence-corrected chi connectivity index (χ0v) is 15.1. The van der Waals surface area contributed by atoms with Crippen molar-refractivity contribution in [3.63, 3.8) is 0 Å². The number of carboxylic acids is 1. The van der Waals surface area contributed by atoms with Gasteiger partial charge in [0.1, 0.15) is 0 Å². The number of aromatic carboxylic acids is 1. The quantitative estimate of drug-likeness (QED) is 0.374. The lowest BCUT2D eigenvalue weighted by Crippen LogP contribution is -2.00. The van der Waals surface area contributed by atoms with Crippen molar-refractivity contribution in [2.24, 2.45) is 5.10 Å². The normalized spacial score (nSPS) is 10.7. The van der Waals surface area contributed by atoms with Crippen LogP contribution in [0.1, 0.15) is 42.1 Å². The number of ether oxygens (including phenoxy) is 2. The second kappa shape index (κ2) is 10.1. The molecule has 0 aliphatic heterocycles. The van der Waals surface area contributed by atoms with Gasteiger partial charge in [-0.3, -0.25) is 5.43 Å². The van der Waals surface area contributed by atoms with Crippen molar-refractivity contribution in [1.29, 1.82) is 0 Å². The Kier molecular flexibility index (Phi) is 7.49. The first-order chi connectivity index (χ1) is 12.6. The van der Waals surface area contributed by atoms with Crippen LogP contribution in [0.5, 0.6) is 11.5 Å². The van der Waals surface area contributed by atoms with Gasteiger partial charge in [-0.2, -0.15) is 5.10 Å². The molecule has 0 saturated carbocycles. The Morgan fingerprint density at radius 1 is 1.15 bits per heavy atom. The number of unbranched alkanes of at least 4 members (excludes halogenated alkanes) is 2. The van der Waals surface area contributed by atoms with Crippen molar-refractivity contribution in [2.75, 3.05) is 19.1 Å². The molecule has 2 rings (SSSR count). The topological polar surface area (TPSA) is 80.2 Å². The van der Waals surface area contributed by atoms with Crippen molar-refractivity contribution in [2.45, 2.75) is 26.2 Å². The van der Waals surface area contributed by atoms with Crippen molar-refractivity contribution in [3.8, 4) is 11.5 Å². The number of rotatable bonds is 10. The Bertz CT molecular complexity index is 742. The summed E-state index contributed by atoms with van der Waals surface area (Å²) < 4.78 is 11.1. The average molecular weight is 356 g/mol. The highest BCUT2D eigenvalue weighted by atomic mass is 16.5. The molecule has 0 unspecified atom stereocenters. The summed E-state index contributed by atoms with van der Waals surface area (Å²) in [4.78, 5) is 10.8. The highest BCUT2D eigenvalue weighted by molar-refractivity contribution is 5.88. The molecule has 0 fully saturated rings. The predicted molar refractivity (Wildman–Crippen MR) is 103 cm³/mol. The number of nitrogens with zero attached hydrogens (tertiary/aromatic N) is 1. The van der Waals surface area contributed by atoms with E-state index in [-0.39, 0.29) is 5.56 Å². The average Bonchev–Trinajstić information content (AvgIpc) is 2.66. The predicted octanol–water partition coefficient (Wildman–Crippen LogP) is 4.41. The Balaban J connectivity index is 1.95. The van der Waals surface area contributed by atoms with Gasteiger partial charge >= 0.3 is 5.97 Å². The maximum absolute atomic E-state index is 10.8. The summed E-state index contributed by atoms with van der Waals surface area (Å²) in [6, 6.07) is 12.0. The van der Waals surface area contributed by atoms with Crippen LogP contribution < -0.4 is 14.9 Å². The van der Waals surface area contributed by atoms with Gasteiger partial charge in [-0.1, -0.05) is 19.8 Å². The van der Waals surface area contributed by atoms with E-state index >= 15 is 0 Å². The van der Waals surface area contributed by atoms with Crippen molar-refractivity contribution >= 4 is 17.9 Å². The number of methoxy groups -OCH3 is 1. The summed E-state index contributed by atoms with van der Waals surface area (Å²) in [6.45, 7) is 2.83. The number of nitrogens with one attached hydrogen (secondary N) is 1. The standard InChI is InChI=1S/C20H24N2O4/c1-3-4-5-12-26-18-11-6-15(13-19(18)25-2)14-21-22-17-9-7-16(8-10-17)20(23)24/h6-11,13-14,22H,3-5,12H2,1-2H3,(H,23,24)/b21-14+. The lowest BCUT2D eigenvalue weighted by atomic mass is 10.2. The van der Waals surface area contributed by atoms with Crippen molar-refractivity contribution in [3.05, 3.63) is 53.6 Å². The third-order valence-corrected chi connectivity index (χ3v) is 3.73. The zero-order chi connectivity index (χ0) is 18.8. The Hall–Kier alpha value is -3.02. The molecule has 0 aliphatic carbocycles. The second-order valence-electron chi connectivity index (χ2n) is 5.72. The Labute approximate surface area is 153 Å². The van der Waals surface area contributed by atoms with E-state index in [1.807, 2.05) is 18.2 Å². The molecule has 6 heteroatoms. The van der Waals surface area contributed by atoms with E-state index in [0.717, 1.165) is 30.6 Å². The lowest BCUT2D eigenvalue weighted by molar-refractivity contribution is 0.0697. The van der Waals surface area contributed by atoms with Gasteiger partial charge in [0.25, 0.3) is 0 Å². The Morgan fingerprint density at radius 2 is 1.92 bits per heavy atom. The van der Waals surface area contributed by atoms with Crippen LogP contribution in [0, 0.1) is 0 Å². The van der Waals surface area contributed by atoms with Crippen LogP contribution in [0.25, 0.3) is 0 Å². The molecule has 0 heterocycles. The number of carboxylic acid groups (broad SMARTS) is 1. The second-order valence-corrected chi connectivity index (χ2v) is 5.72. The molecule has 0 aliphatic rings. The fourth-order valence-corrected chi connectivity index (χ4v) is 2.29. The van der Waals surface area contributed by atoms with Gasteiger partial charge in [0.15, 0.2) is 11.5 Å². The summed E-state index contributed by atoms with van der Waals surface area (Å²) in [5.74, 6) is 0.429. The molecule has 2 N–H and O–H groups in total. The molecule has 0 bridgehead atoms. The van der Waals surface area contributed by atoms with E-state index in [9.17, 15) is 4.79 Å². The van der Waals surface area contributed by atoms with Gasteiger partial charge in [0, 0.05) is 0 Å². The highest BCUT2D eigenvalue weighted by Crippen LogP contribution is 2.27. The van der Waals surface area contributed by atoms with Crippen LogP contribution in [-0.2, 0) is 0 Å². The van der Waals surface area contributed by atoms with Gasteiger partial charge in [0.05, 0.1) is 31.2 Å². The minimum absolute atomic E-state index is 0.235. The molecular formula is C20H24N2O4. The number of benzene rings is 2. The molecule has 0 spiro atoms. The number of hydrogen-bond donors (Lipinski definition) is 2. The van der Waals surface area contributed by atoms with Crippen molar-refractivity contribution in [1.82, 2.24) is 0 Å². The first-order valence-corrected chi connectivity index (χ1v) is 8.57. The van der Waals surface area contributed by atoms with Crippen LogP contribution >= 0.6 is 0 Å². The van der Waals surface area contributed by atoms with Crippen LogP contribution in [0.4, 0.5) is 5.69 Å². The fraction of sp³-hybridized carbons (Fsp3) is 0.300. The van der Waals surface area contributed by atoms with Crippen LogP contribution in [-0.4, -0.2) is 31.0 Å². The molecule has 6 nitrogen and oxygen atoms in total. The lowest BCUT2D eigenvalue weighted by Gasteiger charge is -2.11. The molecule has 0 aromatic heterocycles. The third kappa shape index (κ3) is 5.81. The summed E-state index contributed by atoms with van der Waals surface area (Å²) in [7, 11) is 1.61. The molecule has 0 saturated heterocycles. The molecular weight excluding hydrogens is 332 g/mol. The number of hydrogen-bond acceptors (Lipinski definition) is 5. The number of carbonyl (C=O) groups is 1. The van der Waals surface area contributed by atoms with E-state index in [4.69, 9.17) is 14.6 Å². The smallest absolute Gasteiger partial charge is 0.335 e. The monoisotopic (exact) mass is 356 g/mol. The zero-order valence-electron chi connectivity index (χ0n) is 15.1. The first kappa shape index (κ1) is 19.3. The van der Waals surface area contributed by atoms with Crippen LogP contribution in [0.2, 0.25) is 0 Å². The largest absolute Gasteiger partial charge is 0.493 e. The minimum Gasteiger partial charge on any atom is -0.493 e. The van der Waals surface area contributed by atoms with Gasteiger partial charge in [-0.25, -0.2) is 4.79 Å². The van der Waals surface area contributed by atoms with Gasteiger partial charge in [0.2, 0.25) is 0 Å². The summed E-state index contributed by atoms with van der Waals surface area (Å²) in [5.41, 5.74) is 4.66. The molecule has 26 heavy (non-hydrogen) atoms. The summed E-state index contributed by atoms with van der Waals surface area (Å²) in [6.07, 6.45) is 4.98. The maximum atomic E-state index is 10.8. The van der Waals surface area contributed by atoms with Gasteiger partial charge in [-0.05, 0) is 54.4 Å². The highest BCUT2D eigenvalue weighted by Gasteiger charge is 2.05. The van der Waals surface area contributed by atoms with Crippen molar-refractivity contribution < 1.29 is 19.4 Å². The molecule has 2 aromatic rings. The summed E-state index contributed by atoms with van der Waals surface area (Å²) >= 11 is 0.